The largest absolute Gasteiger partial charge is 0.493 e. The molecule has 1 amide bonds. The number of hydrazone groups is 1. The number of nitrogens with one attached hydrogen (secondary N) is 1. The summed E-state index contributed by atoms with van der Waals surface area (Å²) in [6, 6.07) is 14.8. The average Bonchev–Trinajstić information content (AvgIpc) is 2.79. The Labute approximate surface area is 200 Å². The lowest BCUT2D eigenvalue weighted by atomic mass is 10.1. The van der Waals surface area contributed by atoms with Crippen molar-refractivity contribution in [3.8, 4) is 11.5 Å². The SMILES string of the molecule is C=CCc1cc(C=NNC(=O)c2cccnc2Cl)cc(OC)c1OCc1ccc(Br)cc1. The highest BCUT2D eigenvalue weighted by Crippen LogP contribution is 2.34. The third-order valence-electron chi connectivity index (χ3n) is 4.42. The van der Waals surface area contributed by atoms with Gasteiger partial charge in [0.2, 0.25) is 0 Å². The van der Waals surface area contributed by atoms with Crippen molar-refractivity contribution in [1.82, 2.24) is 10.4 Å². The molecule has 2 aromatic carbocycles. The Bertz CT molecular complexity index is 1130. The Hall–Kier alpha value is -3.16. The number of amides is 1. The summed E-state index contributed by atoms with van der Waals surface area (Å²) < 4.78 is 12.6. The first-order valence-corrected chi connectivity index (χ1v) is 10.8. The van der Waals surface area contributed by atoms with Crippen LogP contribution < -0.4 is 14.9 Å². The maximum absolute atomic E-state index is 12.2. The third kappa shape index (κ3) is 6.18. The number of carbonyl (C=O) groups is 1. The Balaban J connectivity index is 1.78. The number of pyridine rings is 1. The molecule has 0 saturated carbocycles. The van der Waals surface area contributed by atoms with Crippen LogP contribution in [-0.4, -0.2) is 24.2 Å². The number of benzene rings is 2. The van der Waals surface area contributed by atoms with Gasteiger partial charge in [-0.1, -0.05) is 45.7 Å². The number of ether oxygens (including phenoxy) is 2. The molecule has 0 radical (unpaired) electrons. The summed E-state index contributed by atoms with van der Waals surface area (Å²) in [5.41, 5.74) is 5.34. The van der Waals surface area contributed by atoms with E-state index in [2.05, 4.69) is 38.0 Å². The lowest BCUT2D eigenvalue weighted by Gasteiger charge is -2.16. The van der Waals surface area contributed by atoms with Crippen molar-refractivity contribution >= 4 is 39.7 Å². The highest BCUT2D eigenvalue weighted by atomic mass is 79.9. The normalized spacial score (nSPS) is 10.7. The maximum atomic E-state index is 12.2. The molecule has 1 heterocycles. The van der Waals surface area contributed by atoms with Gasteiger partial charge in [-0.15, -0.1) is 6.58 Å². The Morgan fingerprint density at radius 2 is 2.06 bits per heavy atom. The zero-order valence-electron chi connectivity index (χ0n) is 17.3. The molecule has 0 saturated heterocycles. The average molecular weight is 515 g/mol. The summed E-state index contributed by atoms with van der Waals surface area (Å²) in [7, 11) is 1.58. The van der Waals surface area contributed by atoms with Crippen molar-refractivity contribution in [1.29, 1.82) is 0 Å². The molecule has 0 spiro atoms. The second-order valence-corrected chi connectivity index (χ2v) is 7.93. The van der Waals surface area contributed by atoms with E-state index in [1.54, 1.807) is 31.4 Å². The van der Waals surface area contributed by atoms with Gasteiger partial charge < -0.3 is 9.47 Å². The van der Waals surface area contributed by atoms with Gasteiger partial charge in [-0.05, 0) is 53.9 Å². The van der Waals surface area contributed by atoms with Crippen LogP contribution in [0.2, 0.25) is 5.15 Å². The first kappa shape index (κ1) is 23.5. The highest BCUT2D eigenvalue weighted by Gasteiger charge is 2.13. The second kappa shape index (κ2) is 11.5. The van der Waals surface area contributed by atoms with E-state index in [4.69, 9.17) is 21.1 Å². The van der Waals surface area contributed by atoms with E-state index in [1.165, 1.54) is 12.4 Å². The minimum absolute atomic E-state index is 0.113. The van der Waals surface area contributed by atoms with Gasteiger partial charge in [-0.3, -0.25) is 4.79 Å². The topological polar surface area (TPSA) is 72.8 Å². The zero-order valence-corrected chi connectivity index (χ0v) is 19.7. The number of rotatable bonds is 9. The summed E-state index contributed by atoms with van der Waals surface area (Å²) in [5, 5.41) is 4.14. The molecule has 32 heavy (non-hydrogen) atoms. The van der Waals surface area contributed by atoms with E-state index in [-0.39, 0.29) is 10.7 Å². The summed E-state index contributed by atoms with van der Waals surface area (Å²) in [6.45, 7) is 4.22. The van der Waals surface area contributed by atoms with Crippen molar-refractivity contribution in [2.45, 2.75) is 13.0 Å². The van der Waals surface area contributed by atoms with Crippen LogP contribution in [0.15, 0.2) is 77.0 Å². The summed E-state index contributed by atoms with van der Waals surface area (Å²) >= 11 is 9.37. The Morgan fingerprint density at radius 3 is 2.75 bits per heavy atom. The van der Waals surface area contributed by atoms with E-state index in [9.17, 15) is 4.79 Å². The van der Waals surface area contributed by atoms with E-state index in [0.29, 0.717) is 24.5 Å². The molecule has 3 aromatic rings. The molecular weight excluding hydrogens is 494 g/mol. The Morgan fingerprint density at radius 1 is 1.28 bits per heavy atom. The van der Waals surface area contributed by atoms with Crippen LogP contribution in [-0.2, 0) is 13.0 Å². The number of allylic oxidation sites excluding steroid dienone is 1. The number of halogens is 2. The van der Waals surface area contributed by atoms with Crippen LogP contribution in [0.1, 0.15) is 27.0 Å². The first-order chi connectivity index (χ1) is 15.5. The van der Waals surface area contributed by atoms with Crippen LogP contribution >= 0.6 is 27.5 Å². The van der Waals surface area contributed by atoms with E-state index in [1.807, 2.05) is 30.3 Å². The highest BCUT2D eigenvalue weighted by molar-refractivity contribution is 9.10. The number of carbonyl (C=O) groups excluding carboxylic acids is 1. The van der Waals surface area contributed by atoms with Gasteiger partial charge in [0.1, 0.15) is 11.8 Å². The van der Waals surface area contributed by atoms with E-state index in [0.717, 1.165) is 21.2 Å². The fraction of sp³-hybridized carbons (Fsp3) is 0.125. The number of nitrogens with zero attached hydrogens (tertiary/aromatic N) is 2. The van der Waals surface area contributed by atoms with Crippen molar-refractivity contribution in [3.63, 3.8) is 0 Å². The van der Waals surface area contributed by atoms with Crippen LogP contribution in [0, 0.1) is 0 Å². The van der Waals surface area contributed by atoms with Crippen molar-refractivity contribution < 1.29 is 14.3 Å². The minimum atomic E-state index is -0.452. The number of methoxy groups -OCH3 is 1. The molecule has 0 atom stereocenters. The fourth-order valence-corrected chi connectivity index (χ4v) is 3.37. The van der Waals surface area contributed by atoms with Crippen LogP contribution in [0.5, 0.6) is 11.5 Å². The summed E-state index contributed by atoms with van der Waals surface area (Å²) in [4.78, 5) is 16.1. The lowest BCUT2D eigenvalue weighted by Crippen LogP contribution is -2.18. The van der Waals surface area contributed by atoms with Gasteiger partial charge in [0, 0.05) is 16.2 Å². The molecule has 0 aliphatic heterocycles. The predicted octanol–water partition coefficient (Wildman–Crippen LogP) is 5.58. The van der Waals surface area contributed by atoms with Crippen molar-refractivity contribution in [3.05, 3.63) is 99.3 Å². The van der Waals surface area contributed by atoms with Crippen LogP contribution in [0.25, 0.3) is 0 Å². The van der Waals surface area contributed by atoms with Gasteiger partial charge in [-0.25, -0.2) is 10.4 Å². The van der Waals surface area contributed by atoms with Gasteiger partial charge in [0.15, 0.2) is 11.5 Å². The monoisotopic (exact) mass is 513 g/mol. The molecule has 0 fully saturated rings. The first-order valence-electron chi connectivity index (χ1n) is 9.64. The Kier molecular flexibility index (Phi) is 8.41. The maximum Gasteiger partial charge on any atom is 0.274 e. The van der Waals surface area contributed by atoms with Crippen LogP contribution in [0.3, 0.4) is 0 Å². The van der Waals surface area contributed by atoms with Gasteiger partial charge in [0.25, 0.3) is 5.91 Å². The molecule has 164 valence electrons. The van der Waals surface area contributed by atoms with Crippen LogP contribution in [0.4, 0.5) is 0 Å². The number of hydrogen-bond acceptors (Lipinski definition) is 5. The van der Waals surface area contributed by atoms with Gasteiger partial charge in [0.05, 0.1) is 18.9 Å². The minimum Gasteiger partial charge on any atom is -0.493 e. The van der Waals surface area contributed by atoms with Crippen molar-refractivity contribution in [2.24, 2.45) is 5.10 Å². The second-order valence-electron chi connectivity index (χ2n) is 6.66. The number of aromatic nitrogens is 1. The molecule has 0 aliphatic rings. The van der Waals surface area contributed by atoms with E-state index < -0.39 is 5.91 Å². The van der Waals surface area contributed by atoms with Gasteiger partial charge >= 0.3 is 0 Å². The smallest absolute Gasteiger partial charge is 0.274 e. The quantitative estimate of drug-likeness (QED) is 0.175. The molecule has 0 unspecified atom stereocenters. The zero-order chi connectivity index (χ0) is 22.9. The number of hydrogen-bond donors (Lipinski definition) is 1. The summed E-state index contributed by atoms with van der Waals surface area (Å²) in [5.74, 6) is 0.746. The molecule has 0 aliphatic carbocycles. The molecule has 8 heteroatoms. The fourth-order valence-electron chi connectivity index (χ4n) is 2.90. The van der Waals surface area contributed by atoms with E-state index >= 15 is 0 Å². The molecule has 3 rings (SSSR count). The lowest BCUT2D eigenvalue weighted by molar-refractivity contribution is 0.0955. The standard InChI is InChI=1S/C24H21BrClN3O3/c1-3-5-18-12-17(14-28-29-24(30)20-6-4-11-27-23(20)26)13-21(31-2)22(18)32-15-16-7-9-19(25)10-8-16/h3-4,6-14H,1,5,15H2,2H3,(H,29,30). The molecular formula is C24H21BrClN3O3. The van der Waals surface area contributed by atoms with Crippen molar-refractivity contribution in [2.75, 3.05) is 7.11 Å². The third-order valence-corrected chi connectivity index (χ3v) is 5.25. The molecule has 0 bridgehead atoms. The predicted molar refractivity (Wildman–Crippen MR) is 130 cm³/mol. The molecule has 1 N–H and O–H groups in total. The molecule has 6 nitrogen and oxygen atoms in total. The molecule has 1 aromatic heterocycles. The van der Waals surface area contributed by atoms with Gasteiger partial charge in [-0.2, -0.15) is 5.10 Å². The summed E-state index contributed by atoms with van der Waals surface area (Å²) in [6.07, 6.45) is 5.39.